The number of hydrogen-bond donors (Lipinski definition) is 4. The van der Waals surface area contributed by atoms with Gasteiger partial charge in [0.15, 0.2) is 0 Å². The van der Waals surface area contributed by atoms with Crippen molar-refractivity contribution >= 4 is 11.6 Å². The third-order valence-corrected chi connectivity index (χ3v) is 6.71. The lowest BCUT2D eigenvalue weighted by Gasteiger charge is -2.45. The smallest absolute Gasteiger partial charge is 0.224 e. The molecule has 0 amide bonds. The van der Waals surface area contributed by atoms with Gasteiger partial charge in [-0.3, -0.25) is 0 Å². The van der Waals surface area contributed by atoms with Crippen LogP contribution < -0.4 is 4.74 Å². The van der Waals surface area contributed by atoms with Gasteiger partial charge in [0.1, 0.15) is 17.5 Å². The third-order valence-electron chi connectivity index (χ3n) is 6.35. The Morgan fingerprint density at radius 3 is 2.39 bits per heavy atom. The van der Waals surface area contributed by atoms with Crippen molar-refractivity contribution in [3.8, 4) is 5.75 Å². The Kier molecular flexibility index (Phi) is 6.04. The first-order chi connectivity index (χ1) is 14.8. The summed E-state index contributed by atoms with van der Waals surface area (Å²) >= 11 is 6.44. The molecule has 7 nitrogen and oxygen atoms in total. The first-order valence-corrected chi connectivity index (χ1v) is 10.6. The van der Waals surface area contributed by atoms with E-state index >= 15 is 0 Å². The fourth-order valence-corrected chi connectivity index (χ4v) is 4.74. The molecule has 8 heteroatoms. The van der Waals surface area contributed by atoms with Gasteiger partial charge in [0.2, 0.25) is 5.79 Å². The van der Waals surface area contributed by atoms with Crippen LogP contribution in [-0.2, 0) is 21.7 Å². The molecule has 0 bridgehead atoms. The van der Waals surface area contributed by atoms with E-state index in [1.807, 2.05) is 31.2 Å². The van der Waals surface area contributed by atoms with E-state index in [1.165, 1.54) is 7.11 Å². The largest absolute Gasteiger partial charge is 0.494 e. The fourth-order valence-electron chi connectivity index (χ4n) is 4.55. The molecule has 1 aliphatic heterocycles. The third kappa shape index (κ3) is 3.54. The van der Waals surface area contributed by atoms with Crippen LogP contribution in [0.5, 0.6) is 5.75 Å². The van der Waals surface area contributed by atoms with Crippen LogP contribution in [0.2, 0.25) is 5.02 Å². The van der Waals surface area contributed by atoms with Crippen molar-refractivity contribution in [2.24, 2.45) is 5.92 Å². The lowest BCUT2D eigenvalue weighted by molar-refractivity contribution is -0.351. The zero-order valence-electron chi connectivity index (χ0n) is 17.4. The number of hydrogen-bond acceptors (Lipinski definition) is 7. The zero-order chi connectivity index (χ0) is 22.4. The van der Waals surface area contributed by atoms with Gasteiger partial charge in [-0.1, -0.05) is 29.8 Å². The molecule has 31 heavy (non-hydrogen) atoms. The van der Waals surface area contributed by atoms with Gasteiger partial charge in [-0.25, -0.2) is 0 Å². The predicted octanol–water partition coefficient (Wildman–Crippen LogP) is 1.60. The number of ether oxygens (including phenoxy) is 3. The average molecular weight is 451 g/mol. The second kappa shape index (κ2) is 8.33. The van der Waals surface area contributed by atoms with E-state index in [-0.39, 0.29) is 0 Å². The maximum absolute atomic E-state index is 10.9. The second-order valence-corrected chi connectivity index (χ2v) is 8.46. The number of halogens is 1. The first kappa shape index (κ1) is 22.5. The average Bonchev–Trinajstić information content (AvgIpc) is 3.37. The van der Waals surface area contributed by atoms with E-state index in [2.05, 4.69) is 0 Å². The molecule has 0 spiro atoms. The summed E-state index contributed by atoms with van der Waals surface area (Å²) in [5, 5.41) is 42.1. The summed E-state index contributed by atoms with van der Waals surface area (Å²) in [4.78, 5) is 0. The zero-order valence-corrected chi connectivity index (χ0v) is 18.1. The molecule has 6 atom stereocenters. The topological polar surface area (TPSA) is 109 Å². The summed E-state index contributed by atoms with van der Waals surface area (Å²) in [7, 11) is 1.34. The van der Waals surface area contributed by atoms with E-state index in [0.717, 1.165) is 16.9 Å². The van der Waals surface area contributed by atoms with Gasteiger partial charge in [-0.15, -0.1) is 0 Å². The Balaban J connectivity index is 1.67. The van der Waals surface area contributed by atoms with E-state index in [4.69, 9.17) is 25.8 Å². The van der Waals surface area contributed by atoms with Gasteiger partial charge in [0, 0.05) is 17.7 Å². The molecule has 168 valence electrons. The van der Waals surface area contributed by atoms with Crippen molar-refractivity contribution in [3.05, 3.63) is 64.2 Å². The van der Waals surface area contributed by atoms with Crippen molar-refractivity contribution in [1.82, 2.24) is 0 Å². The van der Waals surface area contributed by atoms with Crippen molar-refractivity contribution in [1.29, 1.82) is 0 Å². The lowest BCUT2D eigenvalue weighted by Crippen LogP contribution is -2.58. The molecule has 4 N–H and O–H groups in total. The van der Waals surface area contributed by atoms with Crippen LogP contribution in [0.15, 0.2) is 42.5 Å². The Morgan fingerprint density at radius 1 is 1.06 bits per heavy atom. The maximum Gasteiger partial charge on any atom is 0.224 e. The summed E-state index contributed by atoms with van der Waals surface area (Å²) in [6.07, 6.45) is -3.40. The summed E-state index contributed by atoms with van der Waals surface area (Å²) in [6, 6.07) is 12.7. The monoisotopic (exact) mass is 450 g/mol. The normalized spacial score (nSPS) is 34.3. The highest BCUT2D eigenvalue weighted by atomic mass is 35.5. The molecule has 0 radical (unpaired) electrons. The first-order valence-electron chi connectivity index (χ1n) is 10.2. The second-order valence-electron chi connectivity index (χ2n) is 8.05. The molecule has 0 aromatic heterocycles. The van der Waals surface area contributed by atoms with Crippen LogP contribution in [0, 0.1) is 5.92 Å². The number of fused-ring (bicyclic) bond motifs is 1. The summed E-state index contributed by atoms with van der Waals surface area (Å²) in [6.45, 7) is 2.00. The predicted molar refractivity (Wildman–Crippen MR) is 113 cm³/mol. The van der Waals surface area contributed by atoms with Gasteiger partial charge in [-0.05, 0) is 48.7 Å². The molecule has 2 fully saturated rings. The number of aliphatic hydroxyl groups is 4. The molecule has 1 saturated heterocycles. The SMILES string of the molecule is CCOc1ccc(Cc2cc(C3(OC)O[C@@]4(CO)[C@H]([C@H](O)[C@H]3O)[C@H]4O)ccc2Cl)cc1. The standard InChI is InChI=1S/C23H27ClO7/c1-3-30-16-7-4-13(5-8-16)10-14-11-15(6-9-17(14)24)23(29-2)21(28)19(26)18-20(27)22(18,12-25)31-23/h4-9,11,18-21,25-28H,3,10,12H2,1-2H3/t18-,19+,20-,21-,22+,23?/m1/s1. The maximum atomic E-state index is 10.9. The van der Waals surface area contributed by atoms with Crippen LogP contribution in [0.4, 0.5) is 0 Å². The molecule has 1 aliphatic carbocycles. The van der Waals surface area contributed by atoms with Gasteiger partial charge >= 0.3 is 0 Å². The van der Waals surface area contributed by atoms with Crippen molar-refractivity contribution < 1.29 is 34.6 Å². The van der Waals surface area contributed by atoms with Crippen molar-refractivity contribution in [2.75, 3.05) is 20.3 Å². The fraction of sp³-hybridized carbons (Fsp3) is 0.478. The minimum Gasteiger partial charge on any atom is -0.494 e. The number of methoxy groups -OCH3 is 1. The van der Waals surface area contributed by atoms with Crippen LogP contribution in [-0.4, -0.2) is 64.7 Å². The van der Waals surface area contributed by atoms with Gasteiger partial charge in [-0.2, -0.15) is 0 Å². The number of aliphatic hydroxyl groups excluding tert-OH is 4. The Bertz CT molecular complexity index is 936. The highest BCUT2D eigenvalue weighted by Gasteiger charge is 2.77. The number of benzene rings is 2. The van der Waals surface area contributed by atoms with Crippen LogP contribution in [0.3, 0.4) is 0 Å². The highest BCUT2D eigenvalue weighted by Crippen LogP contribution is 2.59. The molecular formula is C23H27ClO7. The van der Waals surface area contributed by atoms with E-state index in [9.17, 15) is 20.4 Å². The van der Waals surface area contributed by atoms with Gasteiger partial charge in [0.25, 0.3) is 0 Å². The van der Waals surface area contributed by atoms with E-state index < -0.39 is 42.2 Å². The Labute approximate surface area is 185 Å². The summed E-state index contributed by atoms with van der Waals surface area (Å²) < 4.78 is 17.1. The quantitative estimate of drug-likeness (QED) is 0.507. The minimum absolute atomic E-state index is 0.428. The van der Waals surface area contributed by atoms with Crippen LogP contribution in [0.25, 0.3) is 0 Å². The van der Waals surface area contributed by atoms with E-state index in [1.54, 1.807) is 18.2 Å². The summed E-state index contributed by atoms with van der Waals surface area (Å²) in [5.74, 6) is -1.77. The van der Waals surface area contributed by atoms with Crippen LogP contribution >= 0.6 is 11.6 Å². The molecule has 4 rings (SSSR count). The summed E-state index contributed by atoms with van der Waals surface area (Å²) in [5.41, 5.74) is 0.811. The minimum atomic E-state index is -1.77. The molecule has 1 unspecified atom stereocenters. The number of rotatable bonds is 7. The van der Waals surface area contributed by atoms with Crippen molar-refractivity contribution in [2.45, 2.75) is 43.0 Å². The molecule has 2 aromatic carbocycles. The Morgan fingerprint density at radius 2 is 1.77 bits per heavy atom. The lowest BCUT2D eigenvalue weighted by atomic mass is 9.88. The highest BCUT2D eigenvalue weighted by molar-refractivity contribution is 6.31. The molecular weight excluding hydrogens is 424 g/mol. The van der Waals surface area contributed by atoms with Gasteiger partial charge < -0.3 is 34.6 Å². The molecule has 1 saturated carbocycles. The molecule has 2 aliphatic rings. The Hall–Kier alpha value is -1.71. The van der Waals surface area contributed by atoms with Crippen LogP contribution in [0.1, 0.15) is 23.6 Å². The van der Waals surface area contributed by atoms with Crippen molar-refractivity contribution in [3.63, 3.8) is 0 Å². The van der Waals surface area contributed by atoms with E-state index in [0.29, 0.717) is 23.6 Å². The molecule has 1 heterocycles. The van der Waals surface area contributed by atoms with Gasteiger partial charge in [0.05, 0.1) is 31.3 Å². The molecule has 2 aromatic rings.